The number of nitrogens with zero attached hydrogens (tertiary/aromatic N) is 4. The highest BCUT2D eigenvalue weighted by Gasteiger charge is 2.35. The Labute approximate surface area is 182 Å². The van der Waals surface area contributed by atoms with Crippen molar-refractivity contribution < 1.29 is 32.2 Å². The molecule has 1 fully saturated rings. The molecular weight excluding hydrogens is 429 g/mol. The van der Waals surface area contributed by atoms with E-state index in [9.17, 15) is 22.8 Å². The zero-order valence-electron chi connectivity index (χ0n) is 17.6. The predicted molar refractivity (Wildman–Crippen MR) is 110 cm³/mol. The Morgan fingerprint density at radius 2 is 1.97 bits per heavy atom. The Hall–Kier alpha value is -3.08. The second-order valence-electron chi connectivity index (χ2n) is 7.93. The van der Waals surface area contributed by atoms with E-state index in [-0.39, 0.29) is 24.5 Å². The molecule has 1 saturated heterocycles. The highest BCUT2D eigenvalue weighted by atomic mass is 19.4. The summed E-state index contributed by atoms with van der Waals surface area (Å²) in [5.41, 5.74) is 2.44. The fraction of sp³-hybridized carbons (Fsp3) is 0.476. The van der Waals surface area contributed by atoms with Crippen LogP contribution in [0.2, 0.25) is 0 Å². The van der Waals surface area contributed by atoms with Crippen LogP contribution in [0.1, 0.15) is 26.3 Å². The molecule has 2 aliphatic heterocycles. The molecule has 0 unspecified atom stereocenters. The Bertz CT molecular complexity index is 1020. The normalized spacial score (nSPS) is 18.8. The molecule has 0 aliphatic carbocycles. The lowest BCUT2D eigenvalue weighted by molar-refractivity contribution is -0.141. The molecule has 0 radical (unpaired) electrons. The van der Waals surface area contributed by atoms with Crippen LogP contribution in [0.4, 0.5) is 29.3 Å². The summed E-state index contributed by atoms with van der Waals surface area (Å²) in [7, 11) is 0. The van der Waals surface area contributed by atoms with Crippen molar-refractivity contribution in [2.75, 3.05) is 36.2 Å². The van der Waals surface area contributed by atoms with Gasteiger partial charge >= 0.3 is 12.3 Å². The van der Waals surface area contributed by atoms with Gasteiger partial charge in [-0.1, -0.05) is 6.07 Å². The van der Waals surface area contributed by atoms with Gasteiger partial charge < -0.3 is 14.4 Å². The molecule has 11 heteroatoms. The van der Waals surface area contributed by atoms with Crippen molar-refractivity contribution in [3.05, 3.63) is 30.6 Å². The number of aromatic nitrogens is 2. The van der Waals surface area contributed by atoms with Crippen LogP contribution in [0, 0.1) is 0 Å². The van der Waals surface area contributed by atoms with Crippen molar-refractivity contribution >= 4 is 23.4 Å². The number of anilines is 2. The molecule has 2 aliphatic rings. The highest BCUT2D eigenvalue weighted by molar-refractivity contribution is 6.03. The van der Waals surface area contributed by atoms with E-state index < -0.39 is 25.3 Å². The third kappa shape index (κ3) is 4.43. The van der Waals surface area contributed by atoms with Gasteiger partial charge in [-0.05, 0) is 24.6 Å². The van der Waals surface area contributed by atoms with Crippen molar-refractivity contribution in [3.63, 3.8) is 0 Å². The van der Waals surface area contributed by atoms with Crippen LogP contribution in [-0.2, 0) is 14.3 Å². The molecule has 1 aromatic heterocycles. The second-order valence-corrected chi connectivity index (χ2v) is 7.93. The smallest absolute Gasteiger partial charge is 0.414 e. The second kappa shape index (κ2) is 8.45. The summed E-state index contributed by atoms with van der Waals surface area (Å²) in [4.78, 5) is 27.7. The molecule has 0 bridgehead atoms. The summed E-state index contributed by atoms with van der Waals surface area (Å²) < 4.78 is 49.3. The van der Waals surface area contributed by atoms with E-state index in [0.29, 0.717) is 24.6 Å². The molecule has 4 rings (SSSR count). The Morgan fingerprint density at radius 3 is 2.59 bits per heavy atom. The van der Waals surface area contributed by atoms with E-state index in [1.54, 1.807) is 30.2 Å². The van der Waals surface area contributed by atoms with E-state index in [4.69, 9.17) is 9.47 Å². The van der Waals surface area contributed by atoms with Gasteiger partial charge in [0.2, 0.25) is 5.91 Å². The van der Waals surface area contributed by atoms with Gasteiger partial charge in [0.15, 0.2) is 0 Å². The number of hydrogen-bond donors (Lipinski definition) is 0. The molecule has 1 atom stereocenters. The average Bonchev–Trinajstić information content (AvgIpc) is 3.13. The summed E-state index contributed by atoms with van der Waals surface area (Å²) in [6.07, 6.45) is -2.96. The maximum Gasteiger partial charge on any atom is 0.414 e. The lowest BCUT2D eigenvalue weighted by Gasteiger charge is -2.40. The Kier molecular flexibility index (Phi) is 5.85. The van der Waals surface area contributed by atoms with Gasteiger partial charge in [0.25, 0.3) is 0 Å². The van der Waals surface area contributed by atoms with Crippen LogP contribution in [0.25, 0.3) is 11.1 Å². The van der Waals surface area contributed by atoms with Crippen molar-refractivity contribution in [2.45, 2.75) is 38.5 Å². The van der Waals surface area contributed by atoms with E-state index in [1.807, 2.05) is 16.9 Å². The number of benzene rings is 1. The zero-order chi connectivity index (χ0) is 23.0. The summed E-state index contributed by atoms with van der Waals surface area (Å²) in [5, 5.41) is 4.36. The average molecular weight is 452 g/mol. The van der Waals surface area contributed by atoms with Gasteiger partial charge in [-0.3, -0.25) is 14.4 Å². The molecule has 172 valence electrons. The first-order chi connectivity index (χ1) is 15.1. The number of fused-ring (bicyclic) bond motifs is 1. The van der Waals surface area contributed by atoms with Gasteiger partial charge in [0.1, 0.15) is 6.61 Å². The van der Waals surface area contributed by atoms with E-state index in [0.717, 1.165) is 11.1 Å². The van der Waals surface area contributed by atoms with Gasteiger partial charge in [-0.15, -0.1) is 0 Å². The number of amides is 2. The van der Waals surface area contributed by atoms with Crippen LogP contribution >= 0.6 is 0 Å². The molecule has 0 saturated carbocycles. The fourth-order valence-corrected chi connectivity index (χ4v) is 3.85. The van der Waals surface area contributed by atoms with Crippen molar-refractivity contribution in [3.8, 4) is 11.1 Å². The number of halogens is 3. The van der Waals surface area contributed by atoms with Gasteiger partial charge in [-0.2, -0.15) is 18.3 Å². The minimum absolute atomic E-state index is 0.0968. The quantitative estimate of drug-likeness (QED) is 0.706. The molecule has 1 aromatic carbocycles. The Morgan fingerprint density at radius 1 is 1.22 bits per heavy atom. The summed E-state index contributed by atoms with van der Waals surface area (Å²) in [6.45, 7) is 3.70. The SMILES string of the molecule is CC(=O)N1c2ccc(-c3cnn(C4COC4)c3)cc2N(C(=O)OCCC(F)(F)F)C[C@@H]1C. The standard InChI is InChI=1S/C21H23F3N4O4/c1-13-9-26(20(30)32-6-5-21(22,23)24)19-7-15(3-4-18(19)28(13)14(2)29)16-8-25-27(10-16)17-11-31-12-17/h3-4,7-8,10,13,17H,5-6,9,11-12H2,1-2H3/t13-/m0/s1. The first-order valence-electron chi connectivity index (χ1n) is 10.2. The monoisotopic (exact) mass is 452 g/mol. The molecular formula is C21H23F3N4O4. The molecule has 32 heavy (non-hydrogen) atoms. The van der Waals surface area contributed by atoms with Crippen LogP contribution in [0.15, 0.2) is 30.6 Å². The number of carbonyl (C=O) groups excluding carboxylic acids is 2. The number of ether oxygens (including phenoxy) is 2. The maximum atomic E-state index is 12.7. The minimum atomic E-state index is -4.42. The number of alkyl halides is 3. The molecule has 2 amide bonds. The Balaban J connectivity index is 1.64. The first-order valence-corrected chi connectivity index (χ1v) is 10.2. The lowest BCUT2D eigenvalue weighted by atomic mass is 10.0. The van der Waals surface area contributed by atoms with Crippen molar-refractivity contribution in [1.29, 1.82) is 0 Å². The maximum absolute atomic E-state index is 12.7. The highest BCUT2D eigenvalue weighted by Crippen LogP contribution is 2.39. The van der Waals surface area contributed by atoms with Gasteiger partial charge in [0.05, 0.1) is 49.3 Å². The number of rotatable bonds is 4. The van der Waals surface area contributed by atoms with Gasteiger partial charge in [-0.25, -0.2) is 4.79 Å². The van der Waals surface area contributed by atoms with Crippen LogP contribution in [0.5, 0.6) is 0 Å². The van der Waals surface area contributed by atoms with Crippen molar-refractivity contribution in [1.82, 2.24) is 9.78 Å². The third-order valence-electron chi connectivity index (χ3n) is 5.51. The summed E-state index contributed by atoms with van der Waals surface area (Å²) in [6, 6.07) is 5.07. The van der Waals surface area contributed by atoms with E-state index in [2.05, 4.69) is 5.10 Å². The zero-order valence-corrected chi connectivity index (χ0v) is 17.6. The predicted octanol–water partition coefficient (Wildman–Crippen LogP) is 3.77. The molecule has 2 aromatic rings. The third-order valence-corrected chi connectivity index (χ3v) is 5.51. The van der Waals surface area contributed by atoms with E-state index >= 15 is 0 Å². The molecule has 0 N–H and O–H groups in total. The van der Waals surface area contributed by atoms with Crippen LogP contribution < -0.4 is 9.80 Å². The summed E-state index contributed by atoms with van der Waals surface area (Å²) in [5.74, 6) is -0.200. The van der Waals surface area contributed by atoms with Crippen molar-refractivity contribution in [2.24, 2.45) is 0 Å². The van der Waals surface area contributed by atoms with Crippen LogP contribution in [-0.4, -0.2) is 60.4 Å². The van der Waals surface area contributed by atoms with E-state index in [1.165, 1.54) is 11.8 Å². The topological polar surface area (TPSA) is 76.9 Å². The van der Waals surface area contributed by atoms with Gasteiger partial charge in [0, 0.05) is 25.2 Å². The minimum Gasteiger partial charge on any atom is -0.449 e. The first kappa shape index (κ1) is 22.1. The molecule has 0 spiro atoms. The lowest BCUT2D eigenvalue weighted by Crippen LogP contribution is -2.51. The fourth-order valence-electron chi connectivity index (χ4n) is 3.85. The largest absolute Gasteiger partial charge is 0.449 e. The molecule has 3 heterocycles. The number of hydrogen-bond acceptors (Lipinski definition) is 5. The summed E-state index contributed by atoms with van der Waals surface area (Å²) >= 11 is 0. The molecule has 8 nitrogen and oxygen atoms in total. The number of carbonyl (C=O) groups is 2. The van der Waals surface area contributed by atoms with Crippen LogP contribution in [0.3, 0.4) is 0 Å².